The quantitative estimate of drug-likeness (QED) is 0.715. The van der Waals surface area contributed by atoms with Gasteiger partial charge < -0.3 is 5.11 Å². The van der Waals surface area contributed by atoms with Crippen molar-refractivity contribution < 1.29 is 5.11 Å². The Morgan fingerprint density at radius 1 is 1.11 bits per heavy atom. The molecule has 2 fully saturated rings. The first kappa shape index (κ1) is 15.4. The molecule has 2 rings (SSSR count). The molecule has 0 heterocycles. The van der Waals surface area contributed by atoms with Crippen molar-refractivity contribution in [1.29, 1.82) is 0 Å². The Morgan fingerprint density at radius 2 is 1.79 bits per heavy atom. The Bertz CT molecular complexity index is 258. The van der Waals surface area contributed by atoms with E-state index < -0.39 is 0 Å². The van der Waals surface area contributed by atoms with Gasteiger partial charge >= 0.3 is 0 Å². The highest BCUT2D eigenvalue weighted by molar-refractivity contribution is 4.89. The van der Waals surface area contributed by atoms with Gasteiger partial charge in [0, 0.05) is 0 Å². The summed E-state index contributed by atoms with van der Waals surface area (Å²) < 4.78 is 0. The first-order valence-corrected chi connectivity index (χ1v) is 8.83. The fraction of sp³-hybridized carbons (Fsp3) is 1.00. The van der Waals surface area contributed by atoms with E-state index in [-0.39, 0.29) is 6.10 Å². The summed E-state index contributed by atoms with van der Waals surface area (Å²) in [6.07, 6.45) is 12.2. The maximum absolute atomic E-state index is 10.6. The average Bonchev–Trinajstić information content (AvgIpc) is 2.34. The summed E-state index contributed by atoms with van der Waals surface area (Å²) >= 11 is 0. The highest BCUT2D eigenvalue weighted by atomic mass is 16.3. The molecule has 19 heavy (non-hydrogen) atoms. The number of aliphatic hydroxyl groups excluding tert-OH is 1. The highest BCUT2D eigenvalue weighted by Crippen LogP contribution is 2.44. The molecule has 2 saturated carbocycles. The molecule has 112 valence electrons. The van der Waals surface area contributed by atoms with Crippen molar-refractivity contribution in [2.45, 2.75) is 84.7 Å². The van der Waals surface area contributed by atoms with E-state index in [1.165, 1.54) is 57.8 Å². The molecule has 5 unspecified atom stereocenters. The van der Waals surface area contributed by atoms with Gasteiger partial charge in [0.15, 0.2) is 0 Å². The van der Waals surface area contributed by atoms with Gasteiger partial charge in [0.1, 0.15) is 0 Å². The lowest BCUT2D eigenvalue weighted by molar-refractivity contribution is -0.0278. The van der Waals surface area contributed by atoms with Crippen molar-refractivity contribution >= 4 is 0 Å². The molecule has 0 radical (unpaired) electrons. The zero-order chi connectivity index (χ0) is 13.8. The summed E-state index contributed by atoms with van der Waals surface area (Å²) in [5.74, 6) is 3.66. The average molecular weight is 266 g/mol. The van der Waals surface area contributed by atoms with Crippen molar-refractivity contribution in [2.75, 3.05) is 0 Å². The number of hydrogen-bond acceptors (Lipinski definition) is 1. The molecule has 0 aromatic carbocycles. The van der Waals surface area contributed by atoms with Crippen LogP contribution in [0.15, 0.2) is 0 Å². The Kier molecular flexibility index (Phi) is 5.74. The zero-order valence-corrected chi connectivity index (χ0v) is 13.3. The summed E-state index contributed by atoms with van der Waals surface area (Å²) in [5.41, 5.74) is 0. The van der Waals surface area contributed by atoms with E-state index in [0.29, 0.717) is 11.8 Å². The third-order valence-electron chi connectivity index (χ3n) is 6.31. The molecule has 2 aliphatic rings. The smallest absolute Gasteiger partial charge is 0.0596 e. The van der Waals surface area contributed by atoms with E-state index in [1.807, 2.05) is 0 Å². The fourth-order valence-electron chi connectivity index (χ4n) is 4.57. The normalized spacial score (nSPS) is 35.7. The van der Waals surface area contributed by atoms with Gasteiger partial charge in [-0.15, -0.1) is 0 Å². The monoisotopic (exact) mass is 266 g/mol. The van der Waals surface area contributed by atoms with Gasteiger partial charge in [0.05, 0.1) is 6.10 Å². The molecule has 0 bridgehead atoms. The van der Waals surface area contributed by atoms with Crippen LogP contribution in [0.4, 0.5) is 0 Å². The second-order valence-electron chi connectivity index (χ2n) is 7.40. The molecule has 5 atom stereocenters. The summed E-state index contributed by atoms with van der Waals surface area (Å²) in [7, 11) is 0. The maximum Gasteiger partial charge on any atom is 0.0596 e. The molecule has 1 N–H and O–H groups in total. The van der Waals surface area contributed by atoms with Crippen molar-refractivity contribution in [3.63, 3.8) is 0 Å². The summed E-state index contributed by atoms with van der Waals surface area (Å²) in [6.45, 7) is 7.09. The van der Waals surface area contributed by atoms with Crippen molar-refractivity contribution in [3.05, 3.63) is 0 Å². The van der Waals surface area contributed by atoms with E-state index >= 15 is 0 Å². The molecule has 1 heteroatoms. The van der Waals surface area contributed by atoms with E-state index in [1.54, 1.807) is 0 Å². The first-order chi connectivity index (χ1) is 9.15. The summed E-state index contributed by atoms with van der Waals surface area (Å²) in [6, 6.07) is 0. The van der Waals surface area contributed by atoms with Crippen LogP contribution in [0.1, 0.15) is 78.6 Å². The van der Waals surface area contributed by atoms with Gasteiger partial charge in [-0.05, 0) is 48.9 Å². The second-order valence-corrected chi connectivity index (χ2v) is 7.40. The minimum atomic E-state index is -0.0221. The van der Waals surface area contributed by atoms with Crippen molar-refractivity contribution in [2.24, 2.45) is 29.6 Å². The van der Waals surface area contributed by atoms with Crippen LogP contribution in [0.5, 0.6) is 0 Å². The highest BCUT2D eigenvalue weighted by Gasteiger charge is 2.38. The zero-order valence-electron chi connectivity index (χ0n) is 13.3. The third-order valence-corrected chi connectivity index (χ3v) is 6.31. The SMILES string of the molecule is CCCCC1CCCC(C(C)C(O)C2CCC2)C1C. The van der Waals surface area contributed by atoms with Crippen LogP contribution in [0.3, 0.4) is 0 Å². The number of hydrogen-bond donors (Lipinski definition) is 1. The van der Waals surface area contributed by atoms with Crippen LogP contribution in [-0.4, -0.2) is 11.2 Å². The fourth-order valence-corrected chi connectivity index (χ4v) is 4.57. The topological polar surface area (TPSA) is 20.2 Å². The van der Waals surface area contributed by atoms with Gasteiger partial charge in [-0.1, -0.05) is 59.3 Å². The molecular weight excluding hydrogens is 232 g/mol. The largest absolute Gasteiger partial charge is 0.393 e. The Balaban J connectivity index is 1.90. The minimum Gasteiger partial charge on any atom is -0.393 e. The Morgan fingerprint density at radius 3 is 2.37 bits per heavy atom. The molecule has 2 aliphatic carbocycles. The van der Waals surface area contributed by atoms with Gasteiger partial charge in [-0.25, -0.2) is 0 Å². The van der Waals surface area contributed by atoms with Gasteiger partial charge in [-0.2, -0.15) is 0 Å². The van der Waals surface area contributed by atoms with Crippen LogP contribution in [0.2, 0.25) is 0 Å². The van der Waals surface area contributed by atoms with E-state index in [4.69, 9.17) is 0 Å². The Labute approximate surface area is 120 Å². The van der Waals surface area contributed by atoms with E-state index in [2.05, 4.69) is 20.8 Å². The van der Waals surface area contributed by atoms with E-state index in [9.17, 15) is 5.11 Å². The minimum absolute atomic E-state index is 0.0221. The number of aliphatic hydroxyl groups is 1. The molecule has 0 aliphatic heterocycles. The second kappa shape index (κ2) is 7.11. The summed E-state index contributed by atoms with van der Waals surface area (Å²) in [5, 5.41) is 10.6. The van der Waals surface area contributed by atoms with Crippen LogP contribution >= 0.6 is 0 Å². The lowest BCUT2D eigenvalue weighted by Gasteiger charge is -2.44. The predicted molar refractivity (Wildman–Crippen MR) is 82.0 cm³/mol. The van der Waals surface area contributed by atoms with Crippen LogP contribution < -0.4 is 0 Å². The van der Waals surface area contributed by atoms with Gasteiger partial charge in [0.25, 0.3) is 0 Å². The lowest BCUT2D eigenvalue weighted by atomic mass is 9.63. The van der Waals surface area contributed by atoms with Crippen molar-refractivity contribution in [3.8, 4) is 0 Å². The maximum atomic E-state index is 10.6. The molecule has 0 saturated heterocycles. The molecular formula is C18H34O. The van der Waals surface area contributed by atoms with Crippen LogP contribution in [0, 0.1) is 29.6 Å². The van der Waals surface area contributed by atoms with Crippen LogP contribution in [-0.2, 0) is 0 Å². The van der Waals surface area contributed by atoms with E-state index in [0.717, 1.165) is 17.8 Å². The number of unbranched alkanes of at least 4 members (excludes halogenated alkanes) is 1. The molecule has 1 nitrogen and oxygen atoms in total. The molecule has 0 aromatic heterocycles. The van der Waals surface area contributed by atoms with Gasteiger partial charge in [-0.3, -0.25) is 0 Å². The van der Waals surface area contributed by atoms with Crippen molar-refractivity contribution in [1.82, 2.24) is 0 Å². The molecule has 0 amide bonds. The third kappa shape index (κ3) is 3.54. The first-order valence-electron chi connectivity index (χ1n) is 8.83. The predicted octanol–water partition coefficient (Wildman–Crippen LogP) is 5.03. The van der Waals surface area contributed by atoms with Crippen LogP contribution in [0.25, 0.3) is 0 Å². The number of rotatable bonds is 6. The van der Waals surface area contributed by atoms with Gasteiger partial charge in [0.2, 0.25) is 0 Å². The lowest BCUT2D eigenvalue weighted by Crippen LogP contribution is -2.40. The standard InChI is InChI=1S/C18H34O/c1-4-5-8-15-9-7-12-17(13(15)2)14(3)18(19)16-10-6-11-16/h13-19H,4-12H2,1-3H3. The summed E-state index contributed by atoms with van der Waals surface area (Å²) in [4.78, 5) is 0. The molecule has 0 aromatic rings. The molecule has 0 spiro atoms. The Hall–Kier alpha value is -0.0400.